The Hall–Kier alpha value is -3.00. The van der Waals surface area contributed by atoms with Gasteiger partial charge < -0.3 is 0 Å². The monoisotopic (exact) mass is 788 g/mol. The van der Waals surface area contributed by atoms with Crippen LogP contribution >= 0.6 is 24.8 Å². The molecule has 6 aromatic carbocycles. The summed E-state index contributed by atoms with van der Waals surface area (Å²) in [7, 11) is 0. The van der Waals surface area contributed by atoms with Gasteiger partial charge in [0.25, 0.3) is 0 Å². The number of aryl methyl sites for hydroxylation is 2. The van der Waals surface area contributed by atoms with E-state index in [1.54, 1.807) is 22.3 Å². The third-order valence-electron chi connectivity index (χ3n) is 11.7. The Morgan fingerprint density at radius 2 is 1.12 bits per heavy atom. The van der Waals surface area contributed by atoms with Crippen molar-refractivity contribution in [3.63, 3.8) is 0 Å². The molecule has 0 amide bonds. The van der Waals surface area contributed by atoms with E-state index in [1.165, 1.54) is 66.1 Å². The zero-order chi connectivity index (χ0) is 33.6. The van der Waals surface area contributed by atoms with E-state index in [2.05, 4.69) is 172 Å². The zero-order valence-electron chi connectivity index (χ0n) is 30.3. The normalized spacial score (nSPS) is 16.8. The quantitative estimate of drug-likeness (QED) is 0.153. The zero-order valence-corrected chi connectivity index (χ0v) is 35.8. The Morgan fingerprint density at radius 3 is 1.76 bits per heavy atom. The van der Waals surface area contributed by atoms with Gasteiger partial charge in [-0.15, -0.1) is 24.8 Å². The van der Waals surface area contributed by atoms with Crippen LogP contribution in [0.5, 0.6) is 0 Å². The fraction of sp³-hybridized carbons (Fsp3) is 0.217. The molecule has 0 heterocycles. The Kier molecular flexibility index (Phi) is 9.71. The van der Waals surface area contributed by atoms with Crippen LogP contribution in [0.4, 0.5) is 0 Å². The second-order valence-corrected chi connectivity index (χ2v) is 46.5. The number of rotatable bonds is 5. The first kappa shape index (κ1) is 36.8. The number of benzene rings is 6. The van der Waals surface area contributed by atoms with Crippen LogP contribution in [0.25, 0.3) is 56.0 Å². The van der Waals surface area contributed by atoms with Crippen LogP contribution in [0.1, 0.15) is 61.4 Å². The molecule has 8 rings (SSSR count). The Morgan fingerprint density at radius 1 is 0.580 bits per heavy atom. The summed E-state index contributed by atoms with van der Waals surface area (Å²) in [5.74, 6) is 0.482. The maximum absolute atomic E-state index is 3.79. The second-order valence-electron chi connectivity index (χ2n) is 16.1. The minimum atomic E-state index is -3.79. The fourth-order valence-corrected chi connectivity index (χ4v) is 30.6. The van der Waals surface area contributed by atoms with Gasteiger partial charge in [0, 0.05) is 0 Å². The number of hydrogen-bond acceptors (Lipinski definition) is 0. The molecular weight excluding hydrogens is 743 g/mol. The summed E-state index contributed by atoms with van der Waals surface area (Å²) in [6.07, 6.45) is 5.21. The van der Waals surface area contributed by atoms with Crippen molar-refractivity contribution in [1.82, 2.24) is 0 Å². The van der Waals surface area contributed by atoms with E-state index in [-0.39, 0.29) is 24.8 Å². The van der Waals surface area contributed by atoms with Crippen LogP contribution in [-0.2, 0) is 17.4 Å². The van der Waals surface area contributed by atoms with Crippen LogP contribution in [0.3, 0.4) is 0 Å². The van der Waals surface area contributed by atoms with Crippen molar-refractivity contribution in [2.45, 2.75) is 51.1 Å². The smallest absolute Gasteiger partial charge is 0.147 e. The molecule has 0 aliphatic heterocycles. The van der Waals surface area contributed by atoms with Gasteiger partial charge in [-0.2, -0.15) is 0 Å². The third-order valence-corrected chi connectivity index (χ3v) is 29.3. The average Bonchev–Trinajstić information content (AvgIpc) is 3.65. The molecule has 2 aliphatic carbocycles. The van der Waals surface area contributed by atoms with Gasteiger partial charge >= 0.3 is 291 Å². The average molecular weight is 791 g/mol. The summed E-state index contributed by atoms with van der Waals surface area (Å²) >= 11 is -3.79. The molecule has 0 spiro atoms. The molecule has 4 heteroatoms. The molecule has 2 atom stereocenters. The first-order chi connectivity index (χ1) is 22.9. The molecule has 2 unspecified atom stereocenters. The van der Waals surface area contributed by atoms with Crippen LogP contribution in [0, 0.1) is 19.8 Å². The maximum Gasteiger partial charge on any atom is -0.147 e. The van der Waals surface area contributed by atoms with Crippen molar-refractivity contribution in [2.24, 2.45) is 5.92 Å². The molecule has 6 aromatic rings. The topological polar surface area (TPSA) is 0 Å². The number of hydrogen-bond donors (Lipinski definition) is 0. The first-order valence-electron chi connectivity index (χ1n) is 17.6. The van der Waals surface area contributed by atoms with Crippen molar-refractivity contribution in [1.29, 1.82) is 0 Å². The Labute approximate surface area is 313 Å². The predicted molar refractivity (Wildman–Crippen MR) is 225 cm³/mol. The van der Waals surface area contributed by atoms with Gasteiger partial charge in [-0.25, -0.2) is 0 Å². The minimum Gasteiger partial charge on any atom is -0.147 e. The Bertz CT molecular complexity index is 2450. The van der Waals surface area contributed by atoms with Crippen molar-refractivity contribution >= 4 is 65.4 Å². The van der Waals surface area contributed by atoms with E-state index >= 15 is 0 Å². The molecule has 0 saturated carbocycles. The van der Waals surface area contributed by atoms with Gasteiger partial charge in [-0.05, 0) is 0 Å². The largest absolute Gasteiger partial charge is 0.147 e. The molecular formula is C46H48Cl2SiZr. The molecule has 0 aromatic heterocycles. The van der Waals surface area contributed by atoms with Crippen molar-refractivity contribution in [3.8, 4) is 22.3 Å². The van der Waals surface area contributed by atoms with Gasteiger partial charge in [-0.3, -0.25) is 0 Å². The van der Waals surface area contributed by atoms with Crippen molar-refractivity contribution < 1.29 is 17.4 Å². The molecule has 0 N–H and O–H groups in total. The van der Waals surface area contributed by atoms with Gasteiger partial charge in [0.05, 0.1) is 0 Å². The van der Waals surface area contributed by atoms with E-state index in [0.717, 1.165) is 0 Å². The van der Waals surface area contributed by atoms with Gasteiger partial charge in [0.15, 0.2) is 0 Å². The maximum atomic E-state index is 2.79. The van der Waals surface area contributed by atoms with Gasteiger partial charge in [0.1, 0.15) is 0 Å². The first-order valence-corrected chi connectivity index (χ1v) is 31.3. The molecule has 0 nitrogen and oxygen atoms in total. The summed E-state index contributed by atoms with van der Waals surface area (Å²) in [6, 6.07) is 41.0. The number of fused-ring (bicyclic) bond motifs is 4. The van der Waals surface area contributed by atoms with Crippen molar-refractivity contribution in [2.75, 3.05) is 0 Å². The standard InChI is InChI=1S/2C22H19.2CH3.2ClH.H2Si.Zr/c1-14-11-20-15(2)13-16(3)22(21(20)12-14)19-10-6-8-17-7-4-5-9-18(17)19;1-15(2)18-13-17-9-6-12-21(22(17)14-18)20-11-5-8-16-7-3-4-10-19(16)20;;;;;;/h4-13H,1-3H3;3-15H,1-2H3;2*1H3;2*1H;1H2;. The van der Waals surface area contributed by atoms with Crippen LogP contribution in [-0.4, -0.2) is 6.88 Å². The summed E-state index contributed by atoms with van der Waals surface area (Å²) < 4.78 is 6.53. The summed E-state index contributed by atoms with van der Waals surface area (Å²) in [4.78, 5) is 0. The molecule has 2 aliphatic rings. The van der Waals surface area contributed by atoms with Crippen LogP contribution in [0.15, 0.2) is 120 Å². The van der Waals surface area contributed by atoms with E-state index in [1.807, 2.05) is 0 Å². The SMILES string of the molecule is CC1=Cc2c(-c3cccc4ccccc34)c(C)cc(C)c2[CH]1[Zr]([CH3])([CH3])(=[SiH2])[CH]1C(C(C)C)=Cc2c(-c3cccc4ccccc34)cccc21.Cl.Cl. The predicted octanol–water partition coefficient (Wildman–Crippen LogP) is 13.4. The van der Waals surface area contributed by atoms with E-state index in [9.17, 15) is 0 Å². The Balaban J connectivity index is 0.00000216. The molecule has 254 valence electrons. The molecule has 0 fully saturated rings. The fourth-order valence-electron chi connectivity index (χ4n) is 9.97. The molecule has 0 bridgehead atoms. The number of allylic oxidation sites excluding steroid dienone is 2. The molecule has 50 heavy (non-hydrogen) atoms. The van der Waals surface area contributed by atoms with E-state index < -0.39 is 17.4 Å². The molecule has 0 saturated heterocycles. The molecule has 0 radical (unpaired) electrons. The summed E-state index contributed by atoms with van der Waals surface area (Å²) in [6.45, 7) is 14.5. The summed E-state index contributed by atoms with van der Waals surface area (Å²) in [5.41, 5.74) is 17.6. The second kappa shape index (κ2) is 13.2. The van der Waals surface area contributed by atoms with Gasteiger partial charge in [0.2, 0.25) is 0 Å². The third kappa shape index (κ3) is 5.58. The number of halogens is 2. The van der Waals surface area contributed by atoms with Crippen LogP contribution in [0.2, 0.25) is 9.26 Å². The van der Waals surface area contributed by atoms with E-state index in [4.69, 9.17) is 0 Å². The van der Waals surface area contributed by atoms with E-state index in [0.29, 0.717) is 13.2 Å². The van der Waals surface area contributed by atoms with Crippen LogP contribution < -0.4 is 0 Å². The van der Waals surface area contributed by atoms with Crippen molar-refractivity contribution in [3.05, 3.63) is 154 Å². The minimum absolute atomic E-state index is 0. The summed E-state index contributed by atoms with van der Waals surface area (Å²) in [5, 5.41) is 5.29. The van der Waals surface area contributed by atoms with Gasteiger partial charge in [-0.1, -0.05) is 0 Å².